The minimum absolute atomic E-state index is 0.200. The van der Waals surface area contributed by atoms with Crippen molar-refractivity contribution in [3.8, 4) is 0 Å². The normalized spacial score (nSPS) is 12.7. The van der Waals surface area contributed by atoms with Gasteiger partial charge in [0.25, 0.3) is 5.56 Å². The third kappa shape index (κ3) is 4.94. The smallest absolute Gasteiger partial charge is 0.328 e. The third-order valence-corrected chi connectivity index (χ3v) is 3.44. The highest BCUT2D eigenvalue weighted by Gasteiger charge is 2.24. The zero-order valence-corrected chi connectivity index (χ0v) is 13.9. The fourth-order valence-corrected chi connectivity index (χ4v) is 2.25. The van der Waals surface area contributed by atoms with Gasteiger partial charge in [0.2, 0.25) is 0 Å². The minimum Gasteiger partial charge on any atom is -0.467 e. The van der Waals surface area contributed by atoms with Crippen molar-refractivity contribution in [1.82, 2.24) is 9.47 Å². The van der Waals surface area contributed by atoms with Crippen LogP contribution in [0.15, 0.2) is 17.1 Å². The SMILES string of the molecule is COC(=O)C(CC(C)C)n1cc(CCN(C)C)c(F)cc1=O. The van der Waals surface area contributed by atoms with Gasteiger partial charge in [-0.25, -0.2) is 9.18 Å². The van der Waals surface area contributed by atoms with Crippen LogP contribution in [0.4, 0.5) is 4.39 Å². The second kappa shape index (κ2) is 8.08. The summed E-state index contributed by atoms with van der Waals surface area (Å²) < 4.78 is 20.0. The number of pyridine rings is 1. The summed E-state index contributed by atoms with van der Waals surface area (Å²) in [5, 5.41) is 0. The average Bonchev–Trinajstić information content (AvgIpc) is 2.43. The Bertz CT molecular complexity index is 567. The van der Waals surface area contributed by atoms with Crippen LogP contribution in [0.5, 0.6) is 0 Å². The number of nitrogens with zero attached hydrogens (tertiary/aromatic N) is 2. The van der Waals surface area contributed by atoms with Crippen LogP contribution in [-0.2, 0) is 16.0 Å². The molecule has 1 aromatic heterocycles. The van der Waals surface area contributed by atoms with E-state index >= 15 is 0 Å². The van der Waals surface area contributed by atoms with Gasteiger partial charge in [-0.2, -0.15) is 0 Å². The molecule has 1 atom stereocenters. The van der Waals surface area contributed by atoms with Gasteiger partial charge in [-0.05, 0) is 32.9 Å². The number of halogens is 1. The van der Waals surface area contributed by atoms with Crippen LogP contribution in [-0.4, -0.2) is 43.2 Å². The van der Waals surface area contributed by atoms with Crippen LogP contribution in [0.1, 0.15) is 31.9 Å². The van der Waals surface area contributed by atoms with E-state index in [1.54, 1.807) is 0 Å². The summed E-state index contributed by atoms with van der Waals surface area (Å²) in [5.74, 6) is -0.816. The molecule has 0 amide bonds. The lowest BCUT2D eigenvalue weighted by Crippen LogP contribution is -2.32. The van der Waals surface area contributed by atoms with E-state index in [0.29, 0.717) is 24.9 Å². The van der Waals surface area contributed by atoms with Gasteiger partial charge in [-0.3, -0.25) is 4.79 Å². The zero-order valence-electron chi connectivity index (χ0n) is 13.9. The molecule has 0 aliphatic heterocycles. The van der Waals surface area contributed by atoms with Gasteiger partial charge in [-0.15, -0.1) is 0 Å². The minimum atomic E-state index is -0.726. The lowest BCUT2D eigenvalue weighted by atomic mass is 10.0. The van der Waals surface area contributed by atoms with Gasteiger partial charge in [0.1, 0.15) is 11.9 Å². The van der Waals surface area contributed by atoms with Gasteiger partial charge in [0.15, 0.2) is 0 Å². The van der Waals surface area contributed by atoms with Gasteiger partial charge in [-0.1, -0.05) is 13.8 Å². The van der Waals surface area contributed by atoms with Crippen LogP contribution < -0.4 is 5.56 Å². The summed E-state index contributed by atoms with van der Waals surface area (Å²) in [6.45, 7) is 4.57. The summed E-state index contributed by atoms with van der Waals surface area (Å²) in [6.07, 6.45) is 2.38. The number of carbonyl (C=O) groups is 1. The number of ether oxygens (including phenoxy) is 1. The van der Waals surface area contributed by atoms with Crippen LogP contribution in [0.2, 0.25) is 0 Å². The number of rotatable bonds is 7. The van der Waals surface area contributed by atoms with Crippen molar-refractivity contribution in [2.75, 3.05) is 27.7 Å². The van der Waals surface area contributed by atoms with E-state index in [1.807, 2.05) is 32.8 Å². The molecule has 0 aromatic carbocycles. The molecule has 1 aromatic rings. The number of esters is 1. The van der Waals surface area contributed by atoms with Gasteiger partial charge < -0.3 is 14.2 Å². The maximum absolute atomic E-state index is 13.9. The fourth-order valence-electron chi connectivity index (χ4n) is 2.25. The molecule has 0 N–H and O–H groups in total. The van der Waals surface area contributed by atoms with Gasteiger partial charge in [0, 0.05) is 24.4 Å². The first-order chi connectivity index (χ1) is 10.3. The molecule has 0 spiro atoms. The van der Waals surface area contributed by atoms with E-state index in [1.165, 1.54) is 17.9 Å². The van der Waals surface area contributed by atoms with E-state index in [9.17, 15) is 14.0 Å². The molecule has 0 saturated carbocycles. The van der Waals surface area contributed by atoms with Crippen molar-refractivity contribution in [3.63, 3.8) is 0 Å². The van der Waals surface area contributed by atoms with Crippen LogP contribution in [0.3, 0.4) is 0 Å². The van der Waals surface area contributed by atoms with Crippen molar-refractivity contribution >= 4 is 5.97 Å². The molecule has 0 bridgehead atoms. The Balaban J connectivity index is 3.21. The number of methoxy groups -OCH3 is 1. The van der Waals surface area contributed by atoms with E-state index in [2.05, 4.69) is 0 Å². The summed E-state index contributed by atoms with van der Waals surface area (Å²) >= 11 is 0. The Morgan fingerprint density at radius 2 is 2.05 bits per heavy atom. The van der Waals surface area contributed by atoms with Crippen molar-refractivity contribution in [2.45, 2.75) is 32.7 Å². The summed E-state index contributed by atoms with van der Waals surface area (Å²) in [4.78, 5) is 26.0. The summed E-state index contributed by atoms with van der Waals surface area (Å²) in [6, 6.07) is 0.220. The topological polar surface area (TPSA) is 51.5 Å². The molecule has 1 unspecified atom stereocenters. The highest BCUT2D eigenvalue weighted by atomic mass is 19.1. The molecular weight excluding hydrogens is 287 g/mol. The Morgan fingerprint density at radius 3 is 2.55 bits per heavy atom. The van der Waals surface area contributed by atoms with Crippen molar-refractivity contribution in [3.05, 3.63) is 34.0 Å². The Hall–Kier alpha value is -1.69. The van der Waals surface area contributed by atoms with Crippen molar-refractivity contribution < 1.29 is 13.9 Å². The molecule has 124 valence electrons. The third-order valence-electron chi connectivity index (χ3n) is 3.44. The molecule has 0 aliphatic carbocycles. The predicted molar refractivity (Wildman–Crippen MR) is 83.4 cm³/mol. The molecular formula is C16H25FN2O3. The fraction of sp³-hybridized carbons (Fsp3) is 0.625. The van der Waals surface area contributed by atoms with Gasteiger partial charge in [0.05, 0.1) is 7.11 Å². The first kappa shape index (κ1) is 18.4. The quantitative estimate of drug-likeness (QED) is 0.721. The number of likely N-dealkylation sites (N-methyl/N-ethyl adjacent to an activating group) is 1. The molecule has 0 fully saturated rings. The standard InChI is InChI=1S/C16H25FN2O3/c1-11(2)8-14(16(21)22-5)19-10-12(6-7-18(3)4)13(17)9-15(19)20/h9-11,14H,6-8H2,1-5H3. The summed E-state index contributed by atoms with van der Waals surface area (Å²) in [5.41, 5.74) is -0.104. The highest BCUT2D eigenvalue weighted by Crippen LogP contribution is 2.19. The zero-order chi connectivity index (χ0) is 16.9. The molecule has 1 rings (SSSR count). The van der Waals surface area contributed by atoms with Crippen LogP contribution in [0, 0.1) is 11.7 Å². The maximum atomic E-state index is 13.9. The van der Waals surface area contributed by atoms with E-state index < -0.39 is 23.4 Å². The van der Waals surface area contributed by atoms with Crippen LogP contribution in [0.25, 0.3) is 0 Å². The monoisotopic (exact) mass is 312 g/mol. The second-order valence-corrected chi connectivity index (χ2v) is 6.11. The average molecular weight is 312 g/mol. The predicted octanol–water partition coefficient (Wildman–Crippen LogP) is 1.85. The Kier molecular flexibility index (Phi) is 6.74. The molecule has 0 aliphatic rings. The van der Waals surface area contributed by atoms with Crippen LogP contribution >= 0.6 is 0 Å². The van der Waals surface area contributed by atoms with Crippen molar-refractivity contribution in [2.24, 2.45) is 5.92 Å². The Morgan fingerprint density at radius 1 is 1.41 bits per heavy atom. The molecule has 0 saturated heterocycles. The second-order valence-electron chi connectivity index (χ2n) is 6.11. The maximum Gasteiger partial charge on any atom is 0.328 e. The number of aromatic nitrogens is 1. The lowest BCUT2D eigenvalue weighted by molar-refractivity contribution is -0.145. The number of hydrogen-bond acceptors (Lipinski definition) is 4. The Labute approximate surface area is 130 Å². The molecule has 0 radical (unpaired) electrons. The lowest BCUT2D eigenvalue weighted by Gasteiger charge is -2.20. The van der Waals surface area contributed by atoms with E-state index in [0.717, 1.165) is 6.07 Å². The first-order valence-corrected chi connectivity index (χ1v) is 7.39. The highest BCUT2D eigenvalue weighted by molar-refractivity contribution is 5.74. The molecule has 6 heteroatoms. The van der Waals surface area contributed by atoms with E-state index in [-0.39, 0.29) is 5.92 Å². The number of hydrogen-bond donors (Lipinski definition) is 0. The summed E-state index contributed by atoms with van der Waals surface area (Å²) in [7, 11) is 5.07. The van der Waals surface area contributed by atoms with Crippen molar-refractivity contribution in [1.29, 1.82) is 0 Å². The van der Waals surface area contributed by atoms with E-state index in [4.69, 9.17) is 4.74 Å². The molecule has 22 heavy (non-hydrogen) atoms. The number of carbonyl (C=O) groups excluding carboxylic acids is 1. The molecule has 5 nitrogen and oxygen atoms in total. The molecule has 1 heterocycles. The largest absolute Gasteiger partial charge is 0.467 e. The van der Waals surface area contributed by atoms with Gasteiger partial charge >= 0.3 is 5.97 Å². The first-order valence-electron chi connectivity index (χ1n) is 7.39.